The van der Waals surface area contributed by atoms with E-state index in [1.54, 1.807) is 0 Å². The van der Waals surface area contributed by atoms with E-state index in [1.807, 2.05) is 6.07 Å². The molecule has 0 aromatic heterocycles. The van der Waals surface area contributed by atoms with Gasteiger partial charge in [-0.25, -0.2) is 0 Å². The SMILES string of the molecule is N#CC1(C2(O)CCCNC2)CCc2ccccc2C1. The van der Waals surface area contributed by atoms with Crippen LogP contribution in [-0.4, -0.2) is 23.8 Å². The molecule has 100 valence electrons. The van der Waals surface area contributed by atoms with Gasteiger partial charge in [-0.1, -0.05) is 24.3 Å². The van der Waals surface area contributed by atoms with E-state index in [2.05, 4.69) is 29.6 Å². The van der Waals surface area contributed by atoms with Crippen molar-refractivity contribution in [3.05, 3.63) is 35.4 Å². The molecule has 1 saturated heterocycles. The number of piperidine rings is 1. The molecule has 3 nitrogen and oxygen atoms in total. The van der Waals surface area contributed by atoms with E-state index in [1.165, 1.54) is 11.1 Å². The Labute approximate surface area is 114 Å². The summed E-state index contributed by atoms with van der Waals surface area (Å²) >= 11 is 0. The standard InChI is InChI=1S/C16H20N2O/c17-11-15(16(19)7-3-9-18-12-16)8-6-13-4-1-2-5-14(13)10-15/h1-2,4-5,18-19H,3,6-10,12H2. The Morgan fingerprint density at radius 3 is 2.68 bits per heavy atom. The first kappa shape index (κ1) is 12.7. The third-order valence-electron chi connectivity index (χ3n) is 4.90. The van der Waals surface area contributed by atoms with Crippen LogP contribution in [0.4, 0.5) is 0 Å². The van der Waals surface area contributed by atoms with Crippen molar-refractivity contribution in [3.8, 4) is 6.07 Å². The molecule has 2 unspecified atom stereocenters. The van der Waals surface area contributed by atoms with E-state index in [0.717, 1.165) is 32.2 Å². The molecule has 1 aromatic carbocycles. The van der Waals surface area contributed by atoms with Crippen LogP contribution in [0, 0.1) is 16.7 Å². The summed E-state index contributed by atoms with van der Waals surface area (Å²) in [4.78, 5) is 0. The average Bonchev–Trinajstić information content (AvgIpc) is 2.47. The van der Waals surface area contributed by atoms with Crippen molar-refractivity contribution >= 4 is 0 Å². The lowest BCUT2D eigenvalue weighted by Gasteiger charge is -2.47. The third-order valence-corrected chi connectivity index (χ3v) is 4.90. The number of β-amino-alcohol motifs (C(OH)–C–C–N with tert-alkyl or cyclic N) is 1. The second kappa shape index (κ2) is 4.63. The normalized spacial score (nSPS) is 34.3. The quantitative estimate of drug-likeness (QED) is 0.805. The van der Waals surface area contributed by atoms with Crippen molar-refractivity contribution in [2.45, 2.75) is 37.7 Å². The van der Waals surface area contributed by atoms with Gasteiger partial charge in [-0.2, -0.15) is 5.26 Å². The maximum absolute atomic E-state index is 11.0. The highest BCUT2D eigenvalue weighted by Crippen LogP contribution is 2.45. The molecule has 1 aliphatic heterocycles. The van der Waals surface area contributed by atoms with Gasteiger partial charge in [-0.05, 0) is 49.8 Å². The summed E-state index contributed by atoms with van der Waals surface area (Å²) < 4.78 is 0. The van der Waals surface area contributed by atoms with Crippen LogP contribution in [0.15, 0.2) is 24.3 Å². The largest absolute Gasteiger partial charge is 0.387 e. The summed E-state index contributed by atoms with van der Waals surface area (Å²) in [5.41, 5.74) is 1.05. The van der Waals surface area contributed by atoms with Crippen LogP contribution < -0.4 is 5.32 Å². The van der Waals surface area contributed by atoms with Gasteiger partial charge in [-0.3, -0.25) is 0 Å². The molecular weight excluding hydrogens is 236 g/mol. The zero-order valence-electron chi connectivity index (χ0n) is 11.2. The van der Waals surface area contributed by atoms with Crippen molar-refractivity contribution in [3.63, 3.8) is 0 Å². The van der Waals surface area contributed by atoms with Gasteiger partial charge < -0.3 is 10.4 Å². The van der Waals surface area contributed by atoms with Crippen LogP contribution in [0.1, 0.15) is 30.4 Å². The summed E-state index contributed by atoms with van der Waals surface area (Å²) in [6.07, 6.45) is 4.01. The minimum absolute atomic E-state index is 0.544. The van der Waals surface area contributed by atoms with E-state index >= 15 is 0 Å². The molecule has 2 N–H and O–H groups in total. The van der Waals surface area contributed by atoms with Gasteiger partial charge in [0.2, 0.25) is 0 Å². The number of nitrogens with zero attached hydrogens (tertiary/aromatic N) is 1. The molecule has 3 heteroatoms. The van der Waals surface area contributed by atoms with Crippen LogP contribution in [0.3, 0.4) is 0 Å². The first-order valence-electron chi connectivity index (χ1n) is 7.10. The lowest BCUT2D eigenvalue weighted by molar-refractivity contribution is -0.0777. The van der Waals surface area contributed by atoms with Crippen LogP contribution >= 0.6 is 0 Å². The fraction of sp³-hybridized carbons (Fsp3) is 0.562. The molecule has 0 spiro atoms. The zero-order chi connectivity index (χ0) is 13.3. The number of nitriles is 1. The van der Waals surface area contributed by atoms with E-state index in [9.17, 15) is 10.4 Å². The van der Waals surface area contributed by atoms with Gasteiger partial charge >= 0.3 is 0 Å². The highest BCUT2D eigenvalue weighted by molar-refractivity contribution is 5.35. The second-order valence-corrected chi connectivity index (χ2v) is 5.95. The Balaban J connectivity index is 1.96. The monoisotopic (exact) mass is 256 g/mol. The maximum Gasteiger partial charge on any atom is 0.0960 e. The topological polar surface area (TPSA) is 56.0 Å². The molecule has 19 heavy (non-hydrogen) atoms. The van der Waals surface area contributed by atoms with E-state index in [-0.39, 0.29) is 0 Å². The lowest BCUT2D eigenvalue weighted by Crippen LogP contribution is -2.58. The van der Waals surface area contributed by atoms with Gasteiger partial charge in [0.25, 0.3) is 0 Å². The van der Waals surface area contributed by atoms with Crippen molar-refractivity contribution in [2.75, 3.05) is 13.1 Å². The Morgan fingerprint density at radius 1 is 1.21 bits per heavy atom. The van der Waals surface area contributed by atoms with E-state index in [0.29, 0.717) is 13.0 Å². The second-order valence-electron chi connectivity index (χ2n) is 5.95. The molecule has 1 fully saturated rings. The fourth-order valence-electron chi connectivity index (χ4n) is 3.63. The van der Waals surface area contributed by atoms with E-state index in [4.69, 9.17) is 0 Å². The summed E-state index contributed by atoms with van der Waals surface area (Å²) in [5, 5.41) is 24.0. The Morgan fingerprint density at radius 2 is 2.00 bits per heavy atom. The van der Waals surface area contributed by atoms with Gasteiger partial charge in [-0.15, -0.1) is 0 Å². The number of aliphatic hydroxyl groups is 1. The molecule has 0 amide bonds. The molecule has 2 aliphatic rings. The van der Waals surface area contributed by atoms with Crippen LogP contribution in [0.25, 0.3) is 0 Å². The molecular formula is C16H20N2O. The minimum atomic E-state index is -0.881. The van der Waals surface area contributed by atoms with Crippen molar-refractivity contribution in [1.82, 2.24) is 5.32 Å². The van der Waals surface area contributed by atoms with Crippen molar-refractivity contribution < 1.29 is 5.11 Å². The number of rotatable bonds is 1. The number of nitrogens with one attached hydrogen (secondary N) is 1. The summed E-state index contributed by atoms with van der Waals surface area (Å²) in [6.45, 7) is 1.49. The highest BCUT2D eigenvalue weighted by atomic mass is 16.3. The molecule has 1 aliphatic carbocycles. The Hall–Kier alpha value is -1.37. The van der Waals surface area contributed by atoms with Gasteiger partial charge in [0.15, 0.2) is 0 Å². The van der Waals surface area contributed by atoms with Crippen LogP contribution in [0.2, 0.25) is 0 Å². The molecule has 0 saturated carbocycles. The predicted molar refractivity (Wildman–Crippen MR) is 73.6 cm³/mol. The molecule has 3 rings (SSSR count). The van der Waals surface area contributed by atoms with Gasteiger partial charge in [0, 0.05) is 6.54 Å². The van der Waals surface area contributed by atoms with E-state index < -0.39 is 11.0 Å². The number of aryl methyl sites for hydroxylation is 1. The number of hydrogen-bond donors (Lipinski definition) is 2. The number of hydrogen-bond acceptors (Lipinski definition) is 3. The summed E-state index contributed by atoms with van der Waals surface area (Å²) in [5.74, 6) is 0. The van der Waals surface area contributed by atoms with Gasteiger partial charge in [0.05, 0.1) is 17.1 Å². The first-order chi connectivity index (χ1) is 9.19. The minimum Gasteiger partial charge on any atom is -0.387 e. The number of benzene rings is 1. The molecule has 1 heterocycles. The van der Waals surface area contributed by atoms with Crippen LogP contribution in [-0.2, 0) is 12.8 Å². The Kier molecular flexibility index (Phi) is 3.08. The fourth-order valence-corrected chi connectivity index (χ4v) is 3.63. The molecule has 2 atom stereocenters. The van der Waals surface area contributed by atoms with Crippen molar-refractivity contribution in [1.29, 1.82) is 5.26 Å². The van der Waals surface area contributed by atoms with Gasteiger partial charge in [0.1, 0.15) is 0 Å². The summed E-state index contributed by atoms with van der Waals surface area (Å²) in [6, 6.07) is 10.8. The molecule has 1 aromatic rings. The summed E-state index contributed by atoms with van der Waals surface area (Å²) in [7, 11) is 0. The maximum atomic E-state index is 11.0. The average molecular weight is 256 g/mol. The number of fused-ring (bicyclic) bond motifs is 1. The predicted octanol–water partition coefficient (Wildman–Crippen LogP) is 1.80. The lowest BCUT2D eigenvalue weighted by atomic mass is 9.60. The highest BCUT2D eigenvalue weighted by Gasteiger charge is 2.52. The third kappa shape index (κ3) is 1.96. The molecule has 0 radical (unpaired) electrons. The molecule has 0 bridgehead atoms. The Bertz CT molecular complexity index is 514. The van der Waals surface area contributed by atoms with Crippen LogP contribution in [0.5, 0.6) is 0 Å². The smallest absolute Gasteiger partial charge is 0.0960 e. The first-order valence-corrected chi connectivity index (χ1v) is 7.10. The van der Waals surface area contributed by atoms with Crippen molar-refractivity contribution in [2.24, 2.45) is 5.41 Å². The zero-order valence-corrected chi connectivity index (χ0v) is 11.2.